The summed E-state index contributed by atoms with van der Waals surface area (Å²) in [7, 11) is 0. The Morgan fingerprint density at radius 1 is 1.26 bits per heavy atom. The molecule has 0 spiro atoms. The van der Waals surface area contributed by atoms with Crippen LogP contribution in [0.5, 0.6) is 11.5 Å². The maximum absolute atomic E-state index is 8.75. The van der Waals surface area contributed by atoms with Crippen LogP contribution in [0.4, 0.5) is 5.69 Å². The molecule has 0 saturated carbocycles. The highest BCUT2D eigenvalue weighted by atomic mass is 79.9. The molecule has 3 nitrogen and oxygen atoms in total. The van der Waals surface area contributed by atoms with Crippen molar-refractivity contribution in [1.29, 1.82) is 5.26 Å². The Balaban J connectivity index is 2.28. The molecule has 0 radical (unpaired) electrons. The Morgan fingerprint density at radius 3 is 2.74 bits per heavy atom. The first-order valence-electron chi connectivity index (χ1n) is 5.79. The van der Waals surface area contributed by atoms with Gasteiger partial charge in [0.15, 0.2) is 0 Å². The summed E-state index contributed by atoms with van der Waals surface area (Å²) in [6, 6.07) is 13.3. The van der Waals surface area contributed by atoms with Gasteiger partial charge in [-0.15, -0.1) is 0 Å². The van der Waals surface area contributed by atoms with E-state index >= 15 is 0 Å². The van der Waals surface area contributed by atoms with Gasteiger partial charge in [-0.3, -0.25) is 0 Å². The van der Waals surface area contributed by atoms with Crippen LogP contribution in [0.15, 0.2) is 40.9 Å². The first-order chi connectivity index (χ1) is 9.10. The molecule has 4 heteroatoms. The number of rotatable bonds is 3. The van der Waals surface area contributed by atoms with Crippen LogP contribution in [0, 0.1) is 18.3 Å². The van der Waals surface area contributed by atoms with Gasteiger partial charge in [-0.25, -0.2) is 0 Å². The first kappa shape index (κ1) is 13.4. The molecule has 0 unspecified atom stereocenters. The van der Waals surface area contributed by atoms with Gasteiger partial charge in [-0.05, 0) is 64.3 Å². The van der Waals surface area contributed by atoms with Crippen LogP contribution in [0.1, 0.15) is 11.1 Å². The van der Waals surface area contributed by atoms with E-state index in [9.17, 15) is 0 Å². The quantitative estimate of drug-likeness (QED) is 0.863. The Bertz CT molecular complexity index is 647. The second-order valence-corrected chi connectivity index (χ2v) is 5.09. The van der Waals surface area contributed by atoms with Gasteiger partial charge in [0.05, 0.1) is 17.0 Å². The fourth-order valence-corrected chi connectivity index (χ4v) is 2.27. The number of hydrogen-bond acceptors (Lipinski definition) is 3. The van der Waals surface area contributed by atoms with Crippen LogP contribution in [0.25, 0.3) is 0 Å². The van der Waals surface area contributed by atoms with E-state index in [-0.39, 0.29) is 6.42 Å². The van der Waals surface area contributed by atoms with Gasteiger partial charge in [0.25, 0.3) is 0 Å². The molecule has 2 N–H and O–H groups in total. The number of hydrogen-bond donors (Lipinski definition) is 1. The van der Waals surface area contributed by atoms with E-state index in [4.69, 9.17) is 15.7 Å². The van der Waals surface area contributed by atoms with Gasteiger partial charge in [0, 0.05) is 5.69 Å². The van der Waals surface area contributed by atoms with Crippen LogP contribution < -0.4 is 10.5 Å². The van der Waals surface area contributed by atoms with E-state index < -0.39 is 0 Å². The number of aryl methyl sites for hydroxylation is 1. The van der Waals surface area contributed by atoms with Crippen molar-refractivity contribution >= 4 is 21.6 Å². The smallest absolute Gasteiger partial charge is 0.141 e. The van der Waals surface area contributed by atoms with Crippen molar-refractivity contribution in [2.45, 2.75) is 13.3 Å². The van der Waals surface area contributed by atoms with E-state index in [0.29, 0.717) is 11.4 Å². The predicted octanol–water partition coefficient (Wildman–Crippen LogP) is 4.20. The molecular weight excluding hydrogens is 304 g/mol. The summed E-state index contributed by atoms with van der Waals surface area (Å²) in [6.07, 6.45) is 0.276. The summed E-state index contributed by atoms with van der Waals surface area (Å²) in [5.41, 5.74) is 8.35. The van der Waals surface area contributed by atoms with Crippen LogP contribution >= 0.6 is 15.9 Å². The highest BCUT2D eigenvalue weighted by Crippen LogP contribution is 2.31. The van der Waals surface area contributed by atoms with Gasteiger partial charge in [0.2, 0.25) is 0 Å². The SMILES string of the molecule is Cc1ccc(Oc2ccc(N)c(CC#N)c2)c(Br)c1. The largest absolute Gasteiger partial charge is 0.456 e. The van der Waals surface area contributed by atoms with Gasteiger partial charge in [0.1, 0.15) is 11.5 Å². The molecule has 2 rings (SSSR count). The topological polar surface area (TPSA) is 59.0 Å². The average molecular weight is 317 g/mol. The highest BCUT2D eigenvalue weighted by Gasteiger charge is 2.05. The molecule has 0 aliphatic rings. The summed E-state index contributed by atoms with van der Waals surface area (Å²) >= 11 is 3.47. The van der Waals surface area contributed by atoms with Crippen molar-refractivity contribution in [3.8, 4) is 17.6 Å². The fraction of sp³-hybridized carbons (Fsp3) is 0.133. The van der Waals surface area contributed by atoms with E-state index in [1.165, 1.54) is 0 Å². The molecule has 0 saturated heterocycles. The van der Waals surface area contributed by atoms with Gasteiger partial charge in [-0.2, -0.15) is 5.26 Å². The monoisotopic (exact) mass is 316 g/mol. The highest BCUT2D eigenvalue weighted by molar-refractivity contribution is 9.10. The first-order valence-corrected chi connectivity index (χ1v) is 6.59. The lowest BCUT2D eigenvalue weighted by Gasteiger charge is -2.10. The molecule has 0 bridgehead atoms. The number of halogens is 1. The molecule has 0 heterocycles. The van der Waals surface area contributed by atoms with Crippen molar-refractivity contribution in [2.75, 3.05) is 5.73 Å². The number of ether oxygens (including phenoxy) is 1. The molecule has 0 aliphatic carbocycles. The number of nitrogens with two attached hydrogens (primary N) is 1. The third-order valence-corrected chi connectivity index (χ3v) is 3.32. The maximum atomic E-state index is 8.75. The lowest BCUT2D eigenvalue weighted by molar-refractivity contribution is 0.479. The molecule has 0 aliphatic heterocycles. The standard InChI is InChI=1S/C15H13BrN2O/c1-10-2-5-15(13(16)8-10)19-12-3-4-14(18)11(9-12)6-7-17/h2-5,8-9H,6,18H2,1H3. The second kappa shape index (κ2) is 5.77. The van der Waals surface area contributed by atoms with Crippen molar-refractivity contribution in [1.82, 2.24) is 0 Å². The predicted molar refractivity (Wildman–Crippen MR) is 79.1 cm³/mol. The van der Waals surface area contributed by atoms with E-state index in [2.05, 4.69) is 22.0 Å². The Hall–Kier alpha value is -1.99. The molecule has 96 valence electrons. The van der Waals surface area contributed by atoms with Crippen molar-refractivity contribution in [3.05, 3.63) is 52.0 Å². The maximum Gasteiger partial charge on any atom is 0.141 e. The fourth-order valence-electron chi connectivity index (χ4n) is 1.70. The van der Waals surface area contributed by atoms with Gasteiger partial charge < -0.3 is 10.5 Å². The third-order valence-electron chi connectivity index (χ3n) is 2.70. The van der Waals surface area contributed by atoms with Crippen LogP contribution in [-0.4, -0.2) is 0 Å². The van der Waals surface area contributed by atoms with E-state index in [1.54, 1.807) is 18.2 Å². The minimum atomic E-state index is 0.276. The Morgan fingerprint density at radius 2 is 2.05 bits per heavy atom. The Kier molecular flexibility index (Phi) is 4.08. The zero-order valence-corrected chi connectivity index (χ0v) is 12.1. The summed E-state index contributed by atoms with van der Waals surface area (Å²) in [5.74, 6) is 1.40. The van der Waals surface area contributed by atoms with Crippen LogP contribution in [0.2, 0.25) is 0 Å². The molecule has 2 aromatic carbocycles. The third kappa shape index (κ3) is 3.27. The number of nitriles is 1. The van der Waals surface area contributed by atoms with Crippen LogP contribution in [-0.2, 0) is 6.42 Å². The van der Waals surface area contributed by atoms with E-state index in [0.717, 1.165) is 21.3 Å². The molecule has 0 fully saturated rings. The molecule has 2 aromatic rings. The van der Waals surface area contributed by atoms with Crippen LogP contribution in [0.3, 0.4) is 0 Å². The number of benzene rings is 2. The number of nitrogens with zero attached hydrogens (tertiary/aromatic N) is 1. The second-order valence-electron chi connectivity index (χ2n) is 4.23. The summed E-state index contributed by atoms with van der Waals surface area (Å²) in [6.45, 7) is 2.02. The van der Waals surface area contributed by atoms with E-state index in [1.807, 2.05) is 25.1 Å². The minimum Gasteiger partial charge on any atom is -0.456 e. The lowest BCUT2D eigenvalue weighted by Crippen LogP contribution is -1.94. The number of nitrogen functional groups attached to an aromatic ring is 1. The minimum absolute atomic E-state index is 0.276. The van der Waals surface area contributed by atoms with Gasteiger partial charge in [-0.1, -0.05) is 6.07 Å². The Labute approximate surface area is 120 Å². The van der Waals surface area contributed by atoms with Crippen molar-refractivity contribution < 1.29 is 4.74 Å². The molecular formula is C15H13BrN2O. The van der Waals surface area contributed by atoms with Gasteiger partial charge >= 0.3 is 0 Å². The zero-order valence-electron chi connectivity index (χ0n) is 10.5. The number of anilines is 1. The summed E-state index contributed by atoms with van der Waals surface area (Å²) in [4.78, 5) is 0. The summed E-state index contributed by atoms with van der Waals surface area (Å²) < 4.78 is 6.69. The molecule has 19 heavy (non-hydrogen) atoms. The summed E-state index contributed by atoms with van der Waals surface area (Å²) in [5, 5.41) is 8.75. The van der Waals surface area contributed by atoms with Crippen molar-refractivity contribution in [2.24, 2.45) is 0 Å². The lowest BCUT2D eigenvalue weighted by atomic mass is 10.1. The molecule has 0 amide bonds. The average Bonchev–Trinajstić information content (AvgIpc) is 2.37. The molecule has 0 aromatic heterocycles. The molecule has 0 atom stereocenters. The zero-order chi connectivity index (χ0) is 13.8. The normalized spacial score (nSPS) is 9.95. The van der Waals surface area contributed by atoms with Crippen molar-refractivity contribution in [3.63, 3.8) is 0 Å².